The molecule has 1 aliphatic rings. The first-order chi connectivity index (χ1) is 9.19. The fourth-order valence-corrected chi connectivity index (χ4v) is 3.70. The highest BCUT2D eigenvalue weighted by atomic mass is 35.5. The average molecular weight is 296 g/mol. The van der Waals surface area contributed by atoms with Crippen LogP contribution in [0.25, 0.3) is 11.2 Å². The molecule has 5 heteroatoms. The van der Waals surface area contributed by atoms with E-state index in [2.05, 4.69) is 21.5 Å². The Morgan fingerprint density at radius 2 is 2.37 bits per heavy atom. The summed E-state index contributed by atoms with van der Waals surface area (Å²) in [5.74, 6) is 0.818. The highest BCUT2D eigenvalue weighted by Gasteiger charge is 2.24. The van der Waals surface area contributed by atoms with Crippen molar-refractivity contribution < 1.29 is 0 Å². The molecular formula is C14H18ClN3S. The predicted octanol–water partition coefficient (Wildman–Crippen LogP) is 4.89. The Morgan fingerprint density at radius 3 is 3.16 bits per heavy atom. The normalized spacial score (nSPS) is 23.9. The number of nitrogens with zero attached hydrogens (tertiary/aromatic N) is 2. The quantitative estimate of drug-likeness (QED) is 0.800. The third-order valence-electron chi connectivity index (χ3n) is 4.22. The monoisotopic (exact) mass is 295 g/mol. The molecule has 1 N–H and O–H groups in total. The molecule has 2 heterocycles. The Labute approximate surface area is 123 Å². The Hall–Kier alpha value is -0.870. The van der Waals surface area contributed by atoms with Crippen LogP contribution < -0.4 is 0 Å². The van der Waals surface area contributed by atoms with Crippen LogP contribution in [0.1, 0.15) is 45.1 Å². The first-order valence-electron chi connectivity index (χ1n) is 6.94. The van der Waals surface area contributed by atoms with Gasteiger partial charge in [0.2, 0.25) is 0 Å². The lowest BCUT2D eigenvalue weighted by molar-refractivity contribution is 0.263. The average Bonchev–Trinajstić information content (AvgIpc) is 2.73. The van der Waals surface area contributed by atoms with Crippen molar-refractivity contribution in [3.63, 3.8) is 0 Å². The van der Waals surface area contributed by atoms with E-state index in [1.54, 1.807) is 6.20 Å². The first-order valence-corrected chi connectivity index (χ1v) is 7.73. The summed E-state index contributed by atoms with van der Waals surface area (Å²) in [6, 6.07) is 2.38. The van der Waals surface area contributed by atoms with E-state index in [0.29, 0.717) is 11.1 Å². The Morgan fingerprint density at radius 1 is 1.53 bits per heavy atom. The number of aromatic nitrogens is 3. The van der Waals surface area contributed by atoms with Gasteiger partial charge in [-0.3, -0.25) is 4.57 Å². The first kappa shape index (κ1) is 13.1. The van der Waals surface area contributed by atoms with E-state index >= 15 is 0 Å². The number of halogens is 1. The molecule has 1 fully saturated rings. The van der Waals surface area contributed by atoms with Gasteiger partial charge in [0.25, 0.3) is 0 Å². The molecule has 0 amide bonds. The van der Waals surface area contributed by atoms with Gasteiger partial charge in [-0.05, 0) is 37.0 Å². The molecule has 0 bridgehead atoms. The Bertz CT molecular complexity index is 646. The molecule has 0 aromatic carbocycles. The molecule has 2 atom stereocenters. The zero-order chi connectivity index (χ0) is 13.4. The van der Waals surface area contributed by atoms with Crippen molar-refractivity contribution in [2.24, 2.45) is 5.92 Å². The molecule has 2 aromatic heterocycles. The fourth-order valence-electron chi connectivity index (χ4n) is 3.19. The number of fused-ring (bicyclic) bond motifs is 1. The molecule has 0 aliphatic heterocycles. The van der Waals surface area contributed by atoms with Crippen molar-refractivity contribution in [1.29, 1.82) is 0 Å². The van der Waals surface area contributed by atoms with Crippen LogP contribution in [-0.4, -0.2) is 14.5 Å². The molecule has 0 radical (unpaired) electrons. The summed E-state index contributed by atoms with van der Waals surface area (Å²) >= 11 is 11.5. The minimum Gasteiger partial charge on any atom is -0.329 e. The SMILES string of the molecule is CCC1CCCC(n2c(=S)[nH]c3cc(Cl)cnc32)C1. The lowest BCUT2D eigenvalue weighted by Crippen LogP contribution is -2.19. The molecule has 1 saturated carbocycles. The second kappa shape index (κ2) is 5.25. The summed E-state index contributed by atoms with van der Waals surface area (Å²) in [5, 5.41) is 0.644. The summed E-state index contributed by atoms with van der Waals surface area (Å²) < 4.78 is 2.97. The number of pyridine rings is 1. The lowest BCUT2D eigenvalue weighted by Gasteiger charge is -2.29. The number of nitrogens with one attached hydrogen (secondary N) is 1. The maximum Gasteiger partial charge on any atom is 0.179 e. The van der Waals surface area contributed by atoms with Crippen LogP contribution in [0.15, 0.2) is 12.3 Å². The second-order valence-corrected chi connectivity index (χ2v) is 6.24. The molecule has 2 aromatic rings. The lowest BCUT2D eigenvalue weighted by atomic mass is 9.84. The van der Waals surface area contributed by atoms with E-state index in [1.165, 1.54) is 32.1 Å². The summed E-state index contributed by atoms with van der Waals surface area (Å²) in [6.07, 6.45) is 7.99. The van der Waals surface area contributed by atoms with Crippen molar-refractivity contribution in [2.75, 3.05) is 0 Å². The van der Waals surface area contributed by atoms with Crippen molar-refractivity contribution in [1.82, 2.24) is 14.5 Å². The predicted molar refractivity (Wildman–Crippen MR) is 81.2 cm³/mol. The molecule has 0 spiro atoms. The maximum absolute atomic E-state index is 5.99. The minimum atomic E-state index is 0.480. The van der Waals surface area contributed by atoms with Gasteiger partial charge in [-0.15, -0.1) is 0 Å². The zero-order valence-electron chi connectivity index (χ0n) is 11.0. The topological polar surface area (TPSA) is 33.6 Å². The molecule has 0 saturated heterocycles. The summed E-state index contributed by atoms with van der Waals surface area (Å²) in [4.78, 5) is 7.69. The van der Waals surface area contributed by atoms with Gasteiger partial charge in [-0.2, -0.15) is 0 Å². The molecule has 3 nitrogen and oxygen atoms in total. The van der Waals surface area contributed by atoms with E-state index in [-0.39, 0.29) is 0 Å². The summed E-state index contributed by atoms with van der Waals surface area (Å²) in [7, 11) is 0. The van der Waals surface area contributed by atoms with Crippen LogP contribution in [0.4, 0.5) is 0 Å². The molecule has 102 valence electrons. The number of imidazole rings is 1. The summed E-state index contributed by atoms with van der Waals surface area (Å²) in [5.41, 5.74) is 1.88. The zero-order valence-corrected chi connectivity index (χ0v) is 12.6. The molecule has 3 rings (SSSR count). The van der Waals surface area contributed by atoms with Gasteiger partial charge in [0, 0.05) is 12.2 Å². The van der Waals surface area contributed by atoms with Crippen LogP contribution in [-0.2, 0) is 0 Å². The van der Waals surface area contributed by atoms with E-state index in [0.717, 1.165) is 21.9 Å². The number of H-pyrrole nitrogens is 1. The van der Waals surface area contributed by atoms with Gasteiger partial charge in [-0.1, -0.05) is 37.8 Å². The van der Waals surface area contributed by atoms with Crippen molar-refractivity contribution in [3.05, 3.63) is 22.1 Å². The van der Waals surface area contributed by atoms with Gasteiger partial charge in [0.1, 0.15) is 0 Å². The van der Waals surface area contributed by atoms with Gasteiger partial charge in [-0.25, -0.2) is 4.98 Å². The molecule has 1 aliphatic carbocycles. The molecular weight excluding hydrogens is 278 g/mol. The largest absolute Gasteiger partial charge is 0.329 e. The highest BCUT2D eigenvalue weighted by Crippen LogP contribution is 2.35. The van der Waals surface area contributed by atoms with Crippen LogP contribution in [0, 0.1) is 10.7 Å². The van der Waals surface area contributed by atoms with Crippen molar-refractivity contribution >= 4 is 35.0 Å². The summed E-state index contributed by atoms with van der Waals surface area (Å²) in [6.45, 7) is 2.28. The van der Waals surface area contributed by atoms with E-state index < -0.39 is 0 Å². The van der Waals surface area contributed by atoms with Crippen LogP contribution in [0.5, 0.6) is 0 Å². The van der Waals surface area contributed by atoms with Crippen molar-refractivity contribution in [3.8, 4) is 0 Å². The second-order valence-electron chi connectivity index (χ2n) is 5.42. The highest BCUT2D eigenvalue weighted by molar-refractivity contribution is 7.71. The third kappa shape index (κ3) is 2.43. The van der Waals surface area contributed by atoms with Gasteiger partial charge in [0.15, 0.2) is 10.4 Å². The van der Waals surface area contributed by atoms with E-state index in [1.807, 2.05) is 6.07 Å². The van der Waals surface area contributed by atoms with Crippen LogP contribution in [0.3, 0.4) is 0 Å². The number of rotatable bonds is 2. The van der Waals surface area contributed by atoms with E-state index in [9.17, 15) is 0 Å². The van der Waals surface area contributed by atoms with E-state index in [4.69, 9.17) is 23.8 Å². The number of hydrogen-bond donors (Lipinski definition) is 1. The fraction of sp³-hybridized carbons (Fsp3) is 0.571. The molecule has 19 heavy (non-hydrogen) atoms. The number of hydrogen-bond acceptors (Lipinski definition) is 2. The number of aromatic amines is 1. The van der Waals surface area contributed by atoms with Gasteiger partial charge in [0.05, 0.1) is 10.5 Å². The van der Waals surface area contributed by atoms with Gasteiger partial charge < -0.3 is 4.98 Å². The van der Waals surface area contributed by atoms with Crippen LogP contribution in [0.2, 0.25) is 5.02 Å². The standard InChI is InChI=1S/C14H18ClN3S/c1-2-9-4-3-5-11(6-9)18-13-12(17-14(18)19)7-10(15)8-16-13/h7-9,11H,2-6H2,1H3,(H,17,19). The third-order valence-corrected chi connectivity index (χ3v) is 4.72. The smallest absolute Gasteiger partial charge is 0.179 e. The van der Waals surface area contributed by atoms with Crippen molar-refractivity contribution in [2.45, 2.75) is 45.1 Å². The van der Waals surface area contributed by atoms with Crippen LogP contribution >= 0.6 is 23.8 Å². The Kier molecular flexibility index (Phi) is 3.63. The minimum absolute atomic E-state index is 0.480. The van der Waals surface area contributed by atoms with Gasteiger partial charge >= 0.3 is 0 Å². The molecule has 2 unspecified atom stereocenters. The maximum atomic E-state index is 5.99. The Balaban J connectivity index is 2.04.